The van der Waals surface area contributed by atoms with Crippen LogP contribution in [-0.2, 0) is 13.5 Å². The number of nitrogens with zero attached hydrogens (tertiary/aromatic N) is 3. The van der Waals surface area contributed by atoms with Crippen LogP contribution in [0.1, 0.15) is 21.6 Å². The molecule has 2 heterocycles. The fraction of sp³-hybridized carbons (Fsp3) is 0.133. The molecule has 0 aliphatic heterocycles. The molecule has 0 aliphatic rings. The number of primary amides is 1. The minimum absolute atomic E-state index is 0.159. The maximum absolute atomic E-state index is 13.8. The van der Waals surface area contributed by atoms with Gasteiger partial charge in [-0.3, -0.25) is 4.79 Å². The van der Waals surface area contributed by atoms with Crippen LogP contribution in [0.2, 0.25) is 0 Å². The number of halogens is 1. The van der Waals surface area contributed by atoms with Gasteiger partial charge in [0.15, 0.2) is 11.3 Å². The number of carbonyl (C=O) groups excluding carboxylic acids is 1. The normalized spacial score (nSPS) is 11.0. The summed E-state index contributed by atoms with van der Waals surface area (Å²) in [5.74, 6) is -0.907. The fourth-order valence-corrected chi connectivity index (χ4v) is 2.41. The first-order valence-electron chi connectivity index (χ1n) is 6.41. The van der Waals surface area contributed by atoms with Gasteiger partial charge in [-0.2, -0.15) is 5.10 Å². The molecule has 0 saturated heterocycles. The predicted molar refractivity (Wildman–Crippen MR) is 76.2 cm³/mol. The lowest BCUT2D eigenvalue weighted by atomic mass is 10.0. The zero-order valence-electron chi connectivity index (χ0n) is 11.4. The third kappa shape index (κ3) is 2.24. The largest absolute Gasteiger partial charge is 0.364 e. The van der Waals surface area contributed by atoms with E-state index in [-0.39, 0.29) is 11.5 Å². The Balaban J connectivity index is 2.19. The van der Waals surface area contributed by atoms with Crippen LogP contribution in [0, 0.1) is 5.82 Å². The lowest BCUT2D eigenvalue weighted by Crippen LogP contribution is -2.13. The average molecular weight is 284 g/mol. The highest BCUT2D eigenvalue weighted by atomic mass is 19.1. The van der Waals surface area contributed by atoms with Gasteiger partial charge >= 0.3 is 0 Å². The molecule has 0 aliphatic carbocycles. The molecule has 5 nitrogen and oxygen atoms in total. The van der Waals surface area contributed by atoms with Crippen molar-refractivity contribution in [2.24, 2.45) is 12.8 Å². The number of hydrogen-bond donors (Lipinski definition) is 1. The van der Waals surface area contributed by atoms with Gasteiger partial charge in [0.25, 0.3) is 5.91 Å². The summed E-state index contributed by atoms with van der Waals surface area (Å²) in [5.41, 5.74) is 7.40. The van der Waals surface area contributed by atoms with Crippen molar-refractivity contribution in [3.8, 4) is 0 Å². The number of aromatic nitrogens is 3. The van der Waals surface area contributed by atoms with Crippen molar-refractivity contribution in [3.63, 3.8) is 0 Å². The summed E-state index contributed by atoms with van der Waals surface area (Å²) in [6.07, 6.45) is 1.96. The molecule has 0 atom stereocenters. The third-order valence-electron chi connectivity index (χ3n) is 3.38. The predicted octanol–water partition coefficient (Wildman–Crippen LogP) is 1.80. The number of fused-ring (bicyclic) bond motifs is 1. The van der Waals surface area contributed by atoms with Gasteiger partial charge in [-0.1, -0.05) is 18.2 Å². The number of hydrogen-bond acceptors (Lipinski definition) is 3. The summed E-state index contributed by atoms with van der Waals surface area (Å²) in [7, 11) is 1.69. The Labute approximate surface area is 120 Å². The Morgan fingerprint density at radius 2 is 2.05 bits per heavy atom. The van der Waals surface area contributed by atoms with Gasteiger partial charge in [-0.15, -0.1) is 0 Å². The first-order chi connectivity index (χ1) is 10.1. The molecule has 1 aromatic carbocycles. The van der Waals surface area contributed by atoms with E-state index in [9.17, 15) is 9.18 Å². The molecule has 3 rings (SSSR count). The Kier molecular flexibility index (Phi) is 3.13. The molecule has 106 valence electrons. The van der Waals surface area contributed by atoms with E-state index in [0.717, 1.165) is 5.56 Å². The third-order valence-corrected chi connectivity index (χ3v) is 3.38. The SMILES string of the molecule is Cn1nc(C(N)=O)c2c(Cc3ccccc3F)ccnc21. The average Bonchev–Trinajstić information content (AvgIpc) is 2.80. The maximum Gasteiger partial charge on any atom is 0.269 e. The molecule has 2 aromatic heterocycles. The Bertz CT molecular complexity index is 841. The van der Waals surface area contributed by atoms with Gasteiger partial charge in [0.05, 0.1) is 5.39 Å². The van der Waals surface area contributed by atoms with Crippen molar-refractivity contribution in [1.29, 1.82) is 0 Å². The Hall–Kier alpha value is -2.76. The van der Waals surface area contributed by atoms with Crippen LogP contribution < -0.4 is 5.73 Å². The van der Waals surface area contributed by atoms with Gasteiger partial charge in [0, 0.05) is 19.7 Å². The highest BCUT2D eigenvalue weighted by molar-refractivity contribution is 6.04. The van der Waals surface area contributed by atoms with Crippen molar-refractivity contribution in [2.45, 2.75) is 6.42 Å². The molecule has 0 radical (unpaired) electrons. The van der Waals surface area contributed by atoms with E-state index in [1.54, 1.807) is 37.5 Å². The van der Waals surface area contributed by atoms with E-state index in [0.29, 0.717) is 23.0 Å². The minimum Gasteiger partial charge on any atom is -0.364 e. The zero-order chi connectivity index (χ0) is 15.0. The van der Waals surface area contributed by atoms with Gasteiger partial charge in [-0.05, 0) is 23.3 Å². The van der Waals surface area contributed by atoms with E-state index in [4.69, 9.17) is 5.73 Å². The van der Waals surface area contributed by atoms with Crippen LogP contribution in [0.5, 0.6) is 0 Å². The molecule has 0 fully saturated rings. The number of amides is 1. The fourth-order valence-electron chi connectivity index (χ4n) is 2.41. The lowest BCUT2D eigenvalue weighted by molar-refractivity contribution is 0.0996. The molecule has 6 heteroatoms. The first kappa shape index (κ1) is 13.2. The molecule has 0 bridgehead atoms. The van der Waals surface area contributed by atoms with E-state index in [1.807, 2.05) is 0 Å². The highest BCUT2D eigenvalue weighted by Gasteiger charge is 2.18. The van der Waals surface area contributed by atoms with Crippen molar-refractivity contribution in [3.05, 3.63) is 59.2 Å². The summed E-state index contributed by atoms with van der Waals surface area (Å²) in [6, 6.07) is 8.28. The van der Waals surface area contributed by atoms with Crippen LogP contribution in [0.25, 0.3) is 11.0 Å². The Morgan fingerprint density at radius 3 is 2.76 bits per heavy atom. The monoisotopic (exact) mass is 284 g/mol. The second kappa shape index (κ2) is 4.97. The smallest absolute Gasteiger partial charge is 0.269 e. The number of rotatable bonds is 3. The molecule has 21 heavy (non-hydrogen) atoms. The van der Waals surface area contributed by atoms with Crippen LogP contribution >= 0.6 is 0 Å². The van der Waals surface area contributed by atoms with Gasteiger partial charge in [0.2, 0.25) is 0 Å². The van der Waals surface area contributed by atoms with E-state index < -0.39 is 5.91 Å². The van der Waals surface area contributed by atoms with Gasteiger partial charge < -0.3 is 5.73 Å². The Morgan fingerprint density at radius 1 is 1.29 bits per heavy atom. The zero-order valence-corrected chi connectivity index (χ0v) is 11.4. The summed E-state index contributed by atoms with van der Waals surface area (Å²) in [4.78, 5) is 15.8. The quantitative estimate of drug-likeness (QED) is 0.797. The molecule has 3 aromatic rings. The second-order valence-corrected chi connectivity index (χ2v) is 4.77. The summed E-state index contributed by atoms with van der Waals surface area (Å²) in [5, 5.41) is 4.68. The van der Waals surface area contributed by atoms with Gasteiger partial charge in [0.1, 0.15) is 5.82 Å². The molecule has 0 spiro atoms. The number of carbonyl (C=O) groups is 1. The van der Waals surface area contributed by atoms with Gasteiger partial charge in [-0.25, -0.2) is 14.1 Å². The van der Waals surface area contributed by atoms with Crippen LogP contribution in [0.4, 0.5) is 4.39 Å². The number of benzene rings is 1. The van der Waals surface area contributed by atoms with Crippen LogP contribution in [0.15, 0.2) is 36.5 Å². The molecular formula is C15H13FN4O. The topological polar surface area (TPSA) is 73.8 Å². The van der Waals surface area contributed by atoms with Crippen LogP contribution in [-0.4, -0.2) is 20.7 Å². The highest BCUT2D eigenvalue weighted by Crippen LogP contribution is 2.23. The summed E-state index contributed by atoms with van der Waals surface area (Å²) in [6.45, 7) is 0. The van der Waals surface area contributed by atoms with Crippen LogP contribution in [0.3, 0.4) is 0 Å². The molecule has 1 amide bonds. The standard InChI is InChI=1S/C15H13FN4O/c1-20-15-12(13(19-20)14(17)21)10(6-7-18-15)8-9-4-2-3-5-11(9)16/h2-7H,8H2,1H3,(H2,17,21). The van der Waals surface area contributed by atoms with Crippen molar-refractivity contribution >= 4 is 16.9 Å². The van der Waals surface area contributed by atoms with Crippen molar-refractivity contribution in [1.82, 2.24) is 14.8 Å². The second-order valence-electron chi connectivity index (χ2n) is 4.77. The van der Waals surface area contributed by atoms with E-state index in [2.05, 4.69) is 10.1 Å². The molecule has 0 unspecified atom stereocenters. The maximum atomic E-state index is 13.8. The minimum atomic E-state index is -0.622. The summed E-state index contributed by atoms with van der Waals surface area (Å²) >= 11 is 0. The van der Waals surface area contributed by atoms with E-state index >= 15 is 0 Å². The van der Waals surface area contributed by atoms with Crippen molar-refractivity contribution in [2.75, 3.05) is 0 Å². The van der Waals surface area contributed by atoms with Crippen molar-refractivity contribution < 1.29 is 9.18 Å². The number of nitrogens with two attached hydrogens (primary N) is 1. The molecule has 2 N–H and O–H groups in total. The number of pyridine rings is 1. The lowest BCUT2D eigenvalue weighted by Gasteiger charge is -2.05. The first-order valence-corrected chi connectivity index (χ1v) is 6.41. The molecular weight excluding hydrogens is 271 g/mol. The van der Waals surface area contributed by atoms with E-state index in [1.165, 1.54) is 10.7 Å². The number of aryl methyl sites for hydroxylation is 1. The summed E-state index contributed by atoms with van der Waals surface area (Å²) < 4.78 is 15.3. The molecule has 0 saturated carbocycles.